The minimum atomic E-state index is -0.541. The van der Waals surface area contributed by atoms with Crippen LogP contribution in [0.15, 0.2) is 53.0 Å². The highest BCUT2D eigenvalue weighted by Crippen LogP contribution is 2.26. The van der Waals surface area contributed by atoms with Gasteiger partial charge in [-0.25, -0.2) is 9.97 Å². The summed E-state index contributed by atoms with van der Waals surface area (Å²) in [6.07, 6.45) is 0.540. The summed E-state index contributed by atoms with van der Waals surface area (Å²) in [5.41, 5.74) is 7.79. The molecule has 0 fully saturated rings. The highest BCUT2D eigenvalue weighted by Gasteiger charge is 2.19. The summed E-state index contributed by atoms with van der Waals surface area (Å²) < 4.78 is 2.57. The van der Waals surface area contributed by atoms with Crippen molar-refractivity contribution >= 4 is 44.3 Å². The van der Waals surface area contributed by atoms with E-state index in [9.17, 15) is 4.79 Å². The molecular weight excluding hydrogens is 408 g/mol. The fourth-order valence-electron chi connectivity index (χ4n) is 2.93. The van der Waals surface area contributed by atoms with E-state index in [1.807, 2.05) is 55.5 Å². The molecule has 136 valence electrons. The Balaban J connectivity index is 1.94. The average molecular weight is 425 g/mol. The van der Waals surface area contributed by atoms with Crippen molar-refractivity contribution in [2.75, 3.05) is 5.32 Å². The Kier molecular flexibility index (Phi) is 4.49. The topological polar surface area (TPSA) is 98.2 Å². The molecule has 0 aliphatic carbocycles. The van der Waals surface area contributed by atoms with Crippen molar-refractivity contribution in [2.24, 2.45) is 5.73 Å². The normalized spacial score (nSPS) is 12.4. The van der Waals surface area contributed by atoms with Crippen LogP contribution >= 0.6 is 15.9 Å². The molecule has 4 aromatic rings. The second-order valence-corrected chi connectivity index (χ2v) is 7.06. The van der Waals surface area contributed by atoms with Crippen LogP contribution in [0.25, 0.3) is 27.9 Å². The summed E-state index contributed by atoms with van der Waals surface area (Å²) >= 11 is 3.48. The van der Waals surface area contributed by atoms with Crippen molar-refractivity contribution in [2.45, 2.75) is 19.4 Å². The van der Waals surface area contributed by atoms with Crippen LogP contribution in [0.5, 0.6) is 0 Å². The number of nitrogens with two attached hydrogens (primary N) is 1. The van der Waals surface area contributed by atoms with Crippen LogP contribution in [-0.2, 0) is 4.79 Å². The zero-order valence-corrected chi connectivity index (χ0v) is 16.1. The molecule has 4 rings (SSSR count). The van der Waals surface area contributed by atoms with Crippen molar-refractivity contribution in [3.05, 3.63) is 53.0 Å². The lowest BCUT2D eigenvalue weighted by Crippen LogP contribution is -2.35. The van der Waals surface area contributed by atoms with Gasteiger partial charge in [0.05, 0.1) is 5.52 Å². The summed E-state index contributed by atoms with van der Waals surface area (Å²) in [4.78, 5) is 21.0. The lowest BCUT2D eigenvalue weighted by Gasteiger charge is -2.15. The minimum absolute atomic E-state index is 0.433. The zero-order valence-electron chi connectivity index (χ0n) is 14.6. The van der Waals surface area contributed by atoms with Gasteiger partial charge in [0.25, 0.3) is 0 Å². The van der Waals surface area contributed by atoms with Crippen LogP contribution in [0.1, 0.15) is 13.3 Å². The maximum Gasteiger partial charge on any atom is 0.239 e. The molecule has 27 heavy (non-hydrogen) atoms. The Bertz CT molecular complexity index is 1160. The number of nitrogens with one attached hydrogen (secondary N) is 1. The van der Waals surface area contributed by atoms with Crippen LogP contribution in [0.2, 0.25) is 0 Å². The molecule has 8 heteroatoms. The number of nitrogens with zero attached hydrogens (tertiary/aromatic N) is 4. The minimum Gasteiger partial charge on any atom is -0.368 e. The van der Waals surface area contributed by atoms with Gasteiger partial charge in [0.2, 0.25) is 11.9 Å². The van der Waals surface area contributed by atoms with Crippen LogP contribution in [-0.4, -0.2) is 31.5 Å². The van der Waals surface area contributed by atoms with Crippen LogP contribution in [0.3, 0.4) is 0 Å². The number of para-hydroxylation sites is 1. The Labute approximate surface area is 163 Å². The molecule has 0 spiro atoms. The lowest BCUT2D eigenvalue weighted by atomic mass is 10.2. The molecule has 2 aromatic carbocycles. The molecule has 2 aromatic heterocycles. The van der Waals surface area contributed by atoms with Crippen molar-refractivity contribution in [3.8, 4) is 11.4 Å². The fourth-order valence-corrected chi connectivity index (χ4v) is 3.33. The molecule has 2 heterocycles. The summed E-state index contributed by atoms with van der Waals surface area (Å²) in [6.45, 7) is 1.88. The number of rotatable bonds is 5. The predicted molar refractivity (Wildman–Crippen MR) is 108 cm³/mol. The van der Waals surface area contributed by atoms with Crippen molar-refractivity contribution in [3.63, 3.8) is 0 Å². The van der Waals surface area contributed by atoms with Crippen molar-refractivity contribution in [1.82, 2.24) is 19.6 Å². The Morgan fingerprint density at radius 1 is 1.22 bits per heavy atom. The molecule has 0 radical (unpaired) electrons. The molecule has 0 saturated heterocycles. The number of fused-ring (bicyclic) bond motifs is 3. The van der Waals surface area contributed by atoms with E-state index in [1.54, 1.807) is 4.52 Å². The Morgan fingerprint density at radius 3 is 2.78 bits per heavy atom. The molecule has 7 nitrogen and oxygen atoms in total. The van der Waals surface area contributed by atoms with Crippen LogP contribution in [0, 0.1) is 0 Å². The standard InChI is InChI=1S/C19H17BrN6O/c1-2-14(16(21)27)22-19-23-15-9-4-3-8-13(15)18-24-17(25-26(18)19)11-6-5-7-12(20)10-11/h3-10,14H,2H2,1H3,(H2,21,27)(H,22,23)/t14-/m1/s1. The Morgan fingerprint density at radius 2 is 2.04 bits per heavy atom. The second kappa shape index (κ2) is 6.96. The van der Waals surface area contributed by atoms with Gasteiger partial charge in [-0.3, -0.25) is 4.79 Å². The number of benzene rings is 2. The van der Waals surface area contributed by atoms with E-state index < -0.39 is 11.9 Å². The third-order valence-corrected chi connectivity index (χ3v) is 4.81. The lowest BCUT2D eigenvalue weighted by molar-refractivity contribution is -0.118. The number of carbonyl (C=O) groups is 1. The third kappa shape index (κ3) is 3.23. The first-order chi connectivity index (χ1) is 13.1. The van der Waals surface area contributed by atoms with Crippen molar-refractivity contribution < 1.29 is 4.79 Å². The fraction of sp³-hybridized carbons (Fsp3) is 0.158. The SMILES string of the molecule is CC[C@@H](Nc1nc2ccccc2c2nc(-c3cccc(Br)c3)nn12)C(N)=O. The van der Waals surface area contributed by atoms with Gasteiger partial charge in [-0.15, -0.1) is 5.10 Å². The van der Waals surface area contributed by atoms with Crippen molar-refractivity contribution in [1.29, 1.82) is 0 Å². The van der Waals surface area contributed by atoms with E-state index in [2.05, 4.69) is 31.3 Å². The maximum absolute atomic E-state index is 11.7. The van der Waals surface area contributed by atoms with E-state index in [4.69, 9.17) is 10.7 Å². The van der Waals surface area contributed by atoms with Gasteiger partial charge in [0, 0.05) is 15.4 Å². The van der Waals surface area contributed by atoms with E-state index in [0.29, 0.717) is 23.8 Å². The number of halogens is 1. The monoisotopic (exact) mass is 424 g/mol. The predicted octanol–water partition coefficient (Wildman–Crippen LogP) is 3.38. The van der Waals surface area contributed by atoms with E-state index in [-0.39, 0.29) is 0 Å². The first kappa shape index (κ1) is 17.4. The van der Waals surface area contributed by atoms with Crippen LogP contribution in [0.4, 0.5) is 5.95 Å². The quantitative estimate of drug-likeness (QED) is 0.511. The highest BCUT2D eigenvalue weighted by molar-refractivity contribution is 9.10. The zero-order chi connectivity index (χ0) is 19.0. The van der Waals surface area contributed by atoms with Gasteiger partial charge in [-0.05, 0) is 30.7 Å². The average Bonchev–Trinajstić information content (AvgIpc) is 3.11. The molecule has 0 unspecified atom stereocenters. The number of amides is 1. The molecular formula is C19H17BrN6O. The van der Waals surface area contributed by atoms with E-state index >= 15 is 0 Å². The number of anilines is 1. The molecule has 1 amide bonds. The molecule has 3 N–H and O–H groups in total. The number of primary amides is 1. The van der Waals surface area contributed by atoms with Crippen LogP contribution < -0.4 is 11.1 Å². The summed E-state index contributed by atoms with van der Waals surface area (Å²) in [6, 6.07) is 14.9. The Hall–Kier alpha value is -3.00. The number of hydrogen-bond acceptors (Lipinski definition) is 5. The smallest absolute Gasteiger partial charge is 0.239 e. The van der Waals surface area contributed by atoms with E-state index in [0.717, 1.165) is 20.9 Å². The number of carbonyl (C=O) groups excluding carboxylic acids is 1. The number of hydrogen-bond donors (Lipinski definition) is 2. The van der Waals surface area contributed by atoms with Gasteiger partial charge < -0.3 is 11.1 Å². The summed E-state index contributed by atoms with van der Waals surface area (Å²) in [7, 11) is 0. The van der Waals surface area contributed by atoms with Gasteiger partial charge in [0.15, 0.2) is 11.5 Å². The maximum atomic E-state index is 11.7. The second-order valence-electron chi connectivity index (χ2n) is 6.14. The highest BCUT2D eigenvalue weighted by atomic mass is 79.9. The molecule has 1 atom stereocenters. The molecule has 0 saturated carbocycles. The molecule has 0 aliphatic rings. The first-order valence-corrected chi connectivity index (χ1v) is 9.33. The summed E-state index contributed by atoms with van der Waals surface area (Å²) in [5, 5.41) is 8.61. The third-order valence-electron chi connectivity index (χ3n) is 4.32. The molecule has 0 aliphatic heterocycles. The van der Waals surface area contributed by atoms with Gasteiger partial charge in [-0.1, -0.05) is 47.1 Å². The van der Waals surface area contributed by atoms with Gasteiger partial charge in [0.1, 0.15) is 6.04 Å². The van der Waals surface area contributed by atoms with Gasteiger partial charge >= 0.3 is 0 Å². The molecule has 0 bridgehead atoms. The first-order valence-electron chi connectivity index (χ1n) is 8.54. The van der Waals surface area contributed by atoms with Gasteiger partial charge in [-0.2, -0.15) is 4.52 Å². The summed E-state index contributed by atoms with van der Waals surface area (Å²) in [5.74, 6) is 0.570. The number of aromatic nitrogens is 4. The largest absolute Gasteiger partial charge is 0.368 e. The van der Waals surface area contributed by atoms with E-state index in [1.165, 1.54) is 0 Å².